The van der Waals surface area contributed by atoms with Crippen molar-refractivity contribution in [1.29, 1.82) is 0 Å². The van der Waals surface area contributed by atoms with E-state index in [0.29, 0.717) is 5.25 Å². The van der Waals surface area contributed by atoms with Gasteiger partial charge in [-0.15, -0.1) is 0 Å². The zero-order valence-electron chi connectivity index (χ0n) is 10.5. The maximum atomic E-state index is 4.56. The van der Waals surface area contributed by atoms with E-state index in [2.05, 4.69) is 34.0 Å². The van der Waals surface area contributed by atoms with Crippen LogP contribution in [0.4, 0.5) is 11.8 Å². The van der Waals surface area contributed by atoms with E-state index in [1.54, 1.807) is 0 Å². The molecule has 1 aliphatic rings. The maximum Gasteiger partial charge on any atom is 0.224 e. The van der Waals surface area contributed by atoms with Crippen molar-refractivity contribution in [2.45, 2.75) is 25.5 Å². The topological polar surface area (TPSA) is 41.1 Å². The summed E-state index contributed by atoms with van der Waals surface area (Å²) in [5.74, 6) is 2.98. The predicted molar refractivity (Wildman–Crippen MR) is 74.9 cm³/mol. The first-order valence-electron chi connectivity index (χ1n) is 6.23. The van der Waals surface area contributed by atoms with Crippen molar-refractivity contribution >= 4 is 23.5 Å². The molecule has 0 radical (unpaired) electrons. The second-order valence-electron chi connectivity index (χ2n) is 4.29. The van der Waals surface area contributed by atoms with E-state index in [0.717, 1.165) is 37.8 Å². The molecule has 1 aromatic rings. The van der Waals surface area contributed by atoms with Crippen LogP contribution in [-0.4, -0.2) is 40.6 Å². The minimum Gasteiger partial charge on any atom is -0.355 e. The molecule has 4 nitrogen and oxygen atoms in total. The smallest absolute Gasteiger partial charge is 0.224 e. The molecular weight excluding hydrogens is 232 g/mol. The van der Waals surface area contributed by atoms with Crippen molar-refractivity contribution in [1.82, 2.24) is 9.97 Å². The number of aromatic nitrogens is 2. The summed E-state index contributed by atoms with van der Waals surface area (Å²) in [6.45, 7) is 7.50. The van der Waals surface area contributed by atoms with Gasteiger partial charge < -0.3 is 10.2 Å². The monoisotopic (exact) mass is 252 g/mol. The maximum absolute atomic E-state index is 4.56. The molecular formula is C12H20N4S. The van der Waals surface area contributed by atoms with Gasteiger partial charge in [-0.05, 0) is 12.5 Å². The van der Waals surface area contributed by atoms with Crippen molar-refractivity contribution < 1.29 is 0 Å². The van der Waals surface area contributed by atoms with Crippen LogP contribution in [0.15, 0.2) is 12.3 Å². The van der Waals surface area contributed by atoms with E-state index in [-0.39, 0.29) is 0 Å². The molecule has 94 valence electrons. The molecule has 1 aromatic heterocycles. The predicted octanol–water partition coefficient (Wildman–Crippen LogP) is 2.24. The number of anilines is 2. The van der Waals surface area contributed by atoms with Crippen LogP contribution in [0.3, 0.4) is 0 Å². The van der Waals surface area contributed by atoms with Gasteiger partial charge in [0.05, 0.1) is 0 Å². The van der Waals surface area contributed by atoms with Crippen molar-refractivity contribution in [3.8, 4) is 0 Å². The molecule has 1 unspecified atom stereocenters. The Morgan fingerprint density at radius 2 is 2.47 bits per heavy atom. The fourth-order valence-corrected chi connectivity index (χ4v) is 2.89. The molecule has 2 heterocycles. The highest BCUT2D eigenvalue weighted by Crippen LogP contribution is 2.22. The van der Waals surface area contributed by atoms with Crippen molar-refractivity contribution in [2.24, 2.45) is 0 Å². The third-order valence-corrected chi connectivity index (χ3v) is 3.88. The number of hydrogen-bond acceptors (Lipinski definition) is 5. The highest BCUT2D eigenvalue weighted by atomic mass is 32.2. The minimum atomic E-state index is 0.686. The second kappa shape index (κ2) is 6.10. The Balaban J connectivity index is 2.04. The van der Waals surface area contributed by atoms with Crippen LogP contribution in [0.5, 0.6) is 0 Å². The van der Waals surface area contributed by atoms with Crippen LogP contribution >= 0.6 is 11.8 Å². The molecule has 1 aliphatic heterocycles. The average Bonchev–Trinajstić information content (AvgIpc) is 2.37. The van der Waals surface area contributed by atoms with Crippen molar-refractivity contribution in [3.05, 3.63) is 12.3 Å². The van der Waals surface area contributed by atoms with Crippen LogP contribution in [0.2, 0.25) is 0 Å². The van der Waals surface area contributed by atoms with Crippen molar-refractivity contribution in [2.75, 3.05) is 35.6 Å². The van der Waals surface area contributed by atoms with Gasteiger partial charge in [-0.3, -0.25) is 0 Å². The molecule has 0 aliphatic carbocycles. The highest BCUT2D eigenvalue weighted by molar-refractivity contribution is 8.00. The summed E-state index contributed by atoms with van der Waals surface area (Å²) >= 11 is 2.03. The Kier molecular flexibility index (Phi) is 4.48. The largest absolute Gasteiger partial charge is 0.355 e. The van der Waals surface area contributed by atoms with Crippen molar-refractivity contribution in [3.63, 3.8) is 0 Å². The molecule has 0 bridgehead atoms. The first-order chi connectivity index (χ1) is 8.29. The van der Waals surface area contributed by atoms with Crippen LogP contribution in [0, 0.1) is 0 Å². The third kappa shape index (κ3) is 3.49. The Bertz CT molecular complexity index is 358. The molecule has 1 saturated heterocycles. The van der Waals surface area contributed by atoms with Gasteiger partial charge in [0.25, 0.3) is 0 Å². The van der Waals surface area contributed by atoms with E-state index in [4.69, 9.17) is 0 Å². The lowest BCUT2D eigenvalue weighted by molar-refractivity contribution is 0.768. The molecule has 1 N–H and O–H groups in total. The van der Waals surface area contributed by atoms with E-state index in [9.17, 15) is 0 Å². The van der Waals surface area contributed by atoms with Gasteiger partial charge in [-0.1, -0.05) is 13.8 Å². The van der Waals surface area contributed by atoms with E-state index < -0.39 is 0 Å². The fourth-order valence-electron chi connectivity index (χ4n) is 1.87. The van der Waals surface area contributed by atoms with Gasteiger partial charge in [-0.2, -0.15) is 16.7 Å². The summed E-state index contributed by atoms with van der Waals surface area (Å²) < 4.78 is 0. The van der Waals surface area contributed by atoms with Gasteiger partial charge in [0.1, 0.15) is 5.82 Å². The van der Waals surface area contributed by atoms with Gasteiger partial charge in [-0.25, -0.2) is 4.98 Å². The first-order valence-corrected chi connectivity index (χ1v) is 7.28. The molecule has 1 atom stereocenters. The average molecular weight is 252 g/mol. The Morgan fingerprint density at radius 3 is 3.24 bits per heavy atom. The Hall–Kier alpha value is -0.970. The highest BCUT2D eigenvalue weighted by Gasteiger charge is 2.18. The standard InChI is InChI=1S/C12H20N4S/c1-3-5-13-12-14-6-4-11(15-12)16-7-8-17-10(2)9-16/h4,6,10H,3,5,7-9H2,1-2H3,(H,13,14,15). The third-order valence-electron chi connectivity index (χ3n) is 2.74. The molecule has 2 rings (SSSR count). The molecule has 0 amide bonds. The summed E-state index contributed by atoms with van der Waals surface area (Å²) in [5, 5.41) is 3.92. The number of thioether (sulfide) groups is 1. The lowest BCUT2D eigenvalue weighted by atomic mass is 10.3. The van der Waals surface area contributed by atoms with Crippen LogP contribution < -0.4 is 10.2 Å². The molecule has 0 aromatic carbocycles. The zero-order valence-corrected chi connectivity index (χ0v) is 11.3. The number of nitrogens with one attached hydrogen (secondary N) is 1. The summed E-state index contributed by atoms with van der Waals surface area (Å²) in [4.78, 5) is 11.1. The van der Waals surface area contributed by atoms with E-state index in [1.807, 2.05) is 24.0 Å². The zero-order chi connectivity index (χ0) is 12.1. The quantitative estimate of drug-likeness (QED) is 0.890. The Morgan fingerprint density at radius 1 is 1.59 bits per heavy atom. The molecule has 0 saturated carbocycles. The van der Waals surface area contributed by atoms with Crippen LogP contribution in [0.25, 0.3) is 0 Å². The molecule has 1 fully saturated rings. The molecule has 17 heavy (non-hydrogen) atoms. The SMILES string of the molecule is CCCNc1nccc(N2CCSC(C)C2)n1. The lowest BCUT2D eigenvalue weighted by Crippen LogP contribution is -2.37. The van der Waals surface area contributed by atoms with Gasteiger partial charge in [0.15, 0.2) is 0 Å². The summed E-state index contributed by atoms with van der Waals surface area (Å²) in [6.07, 6.45) is 2.93. The molecule has 5 heteroatoms. The normalized spacial score (nSPS) is 20.4. The van der Waals surface area contributed by atoms with E-state index >= 15 is 0 Å². The minimum absolute atomic E-state index is 0.686. The molecule has 0 spiro atoms. The fraction of sp³-hybridized carbons (Fsp3) is 0.667. The Labute approximate surface area is 107 Å². The van der Waals surface area contributed by atoms with Gasteiger partial charge in [0.2, 0.25) is 5.95 Å². The van der Waals surface area contributed by atoms with Gasteiger partial charge in [0, 0.05) is 36.8 Å². The van der Waals surface area contributed by atoms with Crippen LogP contribution in [0.1, 0.15) is 20.3 Å². The lowest BCUT2D eigenvalue weighted by Gasteiger charge is -2.31. The summed E-state index contributed by atoms with van der Waals surface area (Å²) in [5.41, 5.74) is 0. The first kappa shape index (κ1) is 12.5. The second-order valence-corrected chi connectivity index (χ2v) is 5.84. The summed E-state index contributed by atoms with van der Waals surface area (Å²) in [6, 6.07) is 2.00. The number of rotatable bonds is 4. The summed E-state index contributed by atoms with van der Waals surface area (Å²) in [7, 11) is 0. The van der Waals surface area contributed by atoms with E-state index in [1.165, 1.54) is 5.75 Å². The van der Waals surface area contributed by atoms with Gasteiger partial charge >= 0.3 is 0 Å². The number of nitrogens with zero attached hydrogens (tertiary/aromatic N) is 3. The van der Waals surface area contributed by atoms with Crippen LogP contribution in [-0.2, 0) is 0 Å². The number of hydrogen-bond donors (Lipinski definition) is 1.